The zero-order chi connectivity index (χ0) is 22.0. The molecule has 160 valence electrons. The number of nitrogens with zero attached hydrogens (tertiary/aromatic N) is 5. The Hall–Kier alpha value is -3.39. The van der Waals surface area contributed by atoms with Crippen LogP contribution in [0, 0.1) is 0 Å². The summed E-state index contributed by atoms with van der Waals surface area (Å²) in [7, 11) is 0. The fraction of sp³-hybridized carbons (Fsp3) is 0.273. The number of pyridine rings is 1. The van der Waals surface area contributed by atoms with Gasteiger partial charge in [0.2, 0.25) is 5.91 Å². The van der Waals surface area contributed by atoms with Crippen molar-refractivity contribution in [2.75, 3.05) is 18.1 Å². The third-order valence-electron chi connectivity index (χ3n) is 5.18. The Balaban J connectivity index is 1.44. The third-order valence-corrected chi connectivity index (χ3v) is 5.40. The SMILES string of the molecule is CCc1nc2ccc(Cl)cn2c1C(=O)NCc1ccc(N2CCN(C(C)=O)C=N2)cc1. The van der Waals surface area contributed by atoms with E-state index in [0.29, 0.717) is 42.4 Å². The lowest BCUT2D eigenvalue weighted by Gasteiger charge is -2.28. The minimum Gasteiger partial charge on any atom is -0.347 e. The predicted molar refractivity (Wildman–Crippen MR) is 120 cm³/mol. The van der Waals surface area contributed by atoms with Crippen LogP contribution in [0.25, 0.3) is 5.65 Å². The van der Waals surface area contributed by atoms with Gasteiger partial charge in [0.15, 0.2) is 0 Å². The zero-order valence-corrected chi connectivity index (χ0v) is 18.1. The number of amides is 2. The molecule has 1 aromatic carbocycles. The molecule has 2 amide bonds. The summed E-state index contributed by atoms with van der Waals surface area (Å²) in [6.07, 6.45) is 3.90. The van der Waals surface area contributed by atoms with E-state index < -0.39 is 0 Å². The van der Waals surface area contributed by atoms with Crippen LogP contribution in [0.1, 0.15) is 35.6 Å². The maximum atomic E-state index is 12.9. The number of benzene rings is 1. The van der Waals surface area contributed by atoms with E-state index in [1.54, 1.807) is 34.0 Å². The Morgan fingerprint density at radius 1 is 1.13 bits per heavy atom. The van der Waals surface area contributed by atoms with Gasteiger partial charge < -0.3 is 5.32 Å². The van der Waals surface area contributed by atoms with Crippen molar-refractivity contribution in [2.24, 2.45) is 5.10 Å². The van der Waals surface area contributed by atoms with Crippen molar-refractivity contribution in [1.29, 1.82) is 0 Å². The largest absolute Gasteiger partial charge is 0.347 e. The second-order valence-corrected chi connectivity index (χ2v) is 7.69. The number of carbonyl (C=O) groups excluding carboxylic acids is 2. The first-order valence-electron chi connectivity index (χ1n) is 10.1. The van der Waals surface area contributed by atoms with Crippen LogP contribution in [-0.4, -0.2) is 45.5 Å². The number of fused-ring (bicyclic) bond motifs is 1. The Labute approximate surface area is 185 Å². The molecular formula is C22H23ClN6O2. The maximum Gasteiger partial charge on any atom is 0.270 e. The summed E-state index contributed by atoms with van der Waals surface area (Å²) in [4.78, 5) is 30.4. The number of halogens is 1. The van der Waals surface area contributed by atoms with Crippen molar-refractivity contribution in [3.05, 3.63) is 64.6 Å². The molecule has 2 aromatic heterocycles. The maximum absolute atomic E-state index is 12.9. The molecule has 0 atom stereocenters. The highest BCUT2D eigenvalue weighted by atomic mass is 35.5. The van der Waals surface area contributed by atoms with E-state index >= 15 is 0 Å². The molecule has 0 saturated carbocycles. The Bertz CT molecular complexity index is 1150. The number of nitrogens with one attached hydrogen (secondary N) is 1. The number of hydrogen-bond donors (Lipinski definition) is 1. The molecule has 0 aliphatic carbocycles. The number of aryl methyl sites for hydroxylation is 1. The van der Waals surface area contributed by atoms with Gasteiger partial charge >= 0.3 is 0 Å². The van der Waals surface area contributed by atoms with E-state index in [1.165, 1.54) is 6.92 Å². The summed E-state index contributed by atoms with van der Waals surface area (Å²) in [6.45, 7) is 5.10. The van der Waals surface area contributed by atoms with Gasteiger partial charge in [0, 0.05) is 26.2 Å². The lowest BCUT2D eigenvalue weighted by Crippen LogP contribution is -2.40. The number of hydrazone groups is 1. The van der Waals surface area contributed by atoms with Gasteiger partial charge in [-0.15, -0.1) is 0 Å². The van der Waals surface area contributed by atoms with E-state index in [9.17, 15) is 9.59 Å². The summed E-state index contributed by atoms with van der Waals surface area (Å²) >= 11 is 6.11. The van der Waals surface area contributed by atoms with Crippen molar-refractivity contribution < 1.29 is 9.59 Å². The molecule has 8 nitrogen and oxygen atoms in total. The second-order valence-electron chi connectivity index (χ2n) is 7.25. The quantitative estimate of drug-likeness (QED) is 0.663. The topological polar surface area (TPSA) is 82.3 Å². The molecule has 0 bridgehead atoms. The van der Waals surface area contributed by atoms with Gasteiger partial charge in [-0.25, -0.2) is 4.98 Å². The van der Waals surface area contributed by atoms with Crippen LogP contribution in [-0.2, 0) is 17.8 Å². The molecule has 0 unspecified atom stereocenters. The first-order valence-corrected chi connectivity index (χ1v) is 10.5. The van der Waals surface area contributed by atoms with Crippen LogP contribution in [0.15, 0.2) is 47.7 Å². The van der Waals surface area contributed by atoms with Gasteiger partial charge in [-0.3, -0.25) is 23.9 Å². The second kappa shape index (κ2) is 8.77. The van der Waals surface area contributed by atoms with Gasteiger partial charge in [-0.2, -0.15) is 5.10 Å². The minimum atomic E-state index is -0.194. The molecule has 3 heterocycles. The van der Waals surface area contributed by atoms with E-state index in [1.807, 2.05) is 36.2 Å². The third kappa shape index (κ3) is 4.39. The number of hydrogen-bond acceptors (Lipinski definition) is 5. The van der Waals surface area contributed by atoms with Crippen LogP contribution >= 0.6 is 11.6 Å². The van der Waals surface area contributed by atoms with Crippen molar-refractivity contribution in [2.45, 2.75) is 26.8 Å². The Morgan fingerprint density at radius 3 is 2.55 bits per heavy atom. The molecule has 0 saturated heterocycles. The lowest BCUT2D eigenvalue weighted by atomic mass is 10.2. The Kier molecular flexibility index (Phi) is 5.90. The first kappa shape index (κ1) is 20.9. The van der Waals surface area contributed by atoms with E-state index in [-0.39, 0.29) is 11.8 Å². The van der Waals surface area contributed by atoms with Crippen molar-refractivity contribution >= 4 is 41.1 Å². The minimum absolute atomic E-state index is 0.0195. The highest BCUT2D eigenvalue weighted by Gasteiger charge is 2.19. The van der Waals surface area contributed by atoms with Crippen molar-refractivity contribution in [3.63, 3.8) is 0 Å². The molecule has 9 heteroatoms. The van der Waals surface area contributed by atoms with Crippen molar-refractivity contribution in [3.8, 4) is 0 Å². The van der Waals surface area contributed by atoms with Gasteiger partial charge in [-0.1, -0.05) is 30.7 Å². The fourth-order valence-electron chi connectivity index (χ4n) is 3.48. The van der Waals surface area contributed by atoms with Crippen molar-refractivity contribution in [1.82, 2.24) is 19.6 Å². The molecule has 1 aliphatic rings. The van der Waals surface area contributed by atoms with Crippen LogP contribution < -0.4 is 10.3 Å². The van der Waals surface area contributed by atoms with Gasteiger partial charge in [0.25, 0.3) is 5.91 Å². The number of imidazole rings is 1. The van der Waals surface area contributed by atoms with Gasteiger partial charge in [0.1, 0.15) is 17.7 Å². The van der Waals surface area contributed by atoms with Crippen LogP contribution in [0.2, 0.25) is 5.02 Å². The van der Waals surface area contributed by atoms with Gasteiger partial charge in [0.05, 0.1) is 22.9 Å². The standard InChI is InChI=1S/C22H23ClN6O2/c1-3-19-21(28-13-17(23)6-9-20(28)26-19)22(31)24-12-16-4-7-18(8-5-16)29-11-10-27(14-25-29)15(2)30/h4-9,13-14H,3,10-12H2,1-2H3,(H,24,31). The molecular weight excluding hydrogens is 416 g/mol. The van der Waals surface area contributed by atoms with Crippen LogP contribution in [0.4, 0.5) is 5.69 Å². The number of rotatable bonds is 5. The summed E-state index contributed by atoms with van der Waals surface area (Å²) in [5, 5.41) is 9.68. The average Bonchev–Trinajstić information content (AvgIpc) is 3.15. The average molecular weight is 439 g/mol. The molecule has 3 aromatic rings. The summed E-state index contributed by atoms with van der Waals surface area (Å²) in [5.41, 5.74) is 3.83. The molecule has 4 rings (SSSR count). The molecule has 1 aliphatic heterocycles. The molecule has 0 fully saturated rings. The van der Waals surface area contributed by atoms with E-state index in [2.05, 4.69) is 15.4 Å². The summed E-state index contributed by atoms with van der Waals surface area (Å²) in [6, 6.07) is 11.4. The lowest BCUT2D eigenvalue weighted by molar-refractivity contribution is -0.124. The normalized spacial score (nSPS) is 13.6. The zero-order valence-electron chi connectivity index (χ0n) is 17.4. The number of aromatic nitrogens is 2. The summed E-state index contributed by atoms with van der Waals surface area (Å²) in [5.74, 6) is -0.213. The fourth-order valence-corrected chi connectivity index (χ4v) is 3.64. The molecule has 31 heavy (non-hydrogen) atoms. The number of anilines is 1. The van der Waals surface area contributed by atoms with Crippen LogP contribution in [0.3, 0.4) is 0 Å². The molecule has 1 N–H and O–H groups in total. The first-order chi connectivity index (χ1) is 15.0. The molecule has 0 radical (unpaired) electrons. The summed E-state index contributed by atoms with van der Waals surface area (Å²) < 4.78 is 1.73. The van der Waals surface area contributed by atoms with Crippen LogP contribution in [0.5, 0.6) is 0 Å². The van der Waals surface area contributed by atoms with Gasteiger partial charge in [-0.05, 0) is 36.2 Å². The van der Waals surface area contributed by atoms with E-state index in [0.717, 1.165) is 16.9 Å². The smallest absolute Gasteiger partial charge is 0.270 e. The predicted octanol–water partition coefficient (Wildman–Crippen LogP) is 3.09. The highest BCUT2D eigenvalue weighted by Crippen LogP contribution is 2.19. The number of carbonyl (C=O) groups is 2. The molecule has 0 spiro atoms. The Morgan fingerprint density at radius 2 is 1.90 bits per heavy atom. The highest BCUT2D eigenvalue weighted by molar-refractivity contribution is 6.30. The van der Waals surface area contributed by atoms with E-state index in [4.69, 9.17) is 11.6 Å². The monoisotopic (exact) mass is 438 g/mol.